The molecule has 1 aromatic rings. The van der Waals surface area contributed by atoms with E-state index in [0.29, 0.717) is 17.1 Å². The minimum atomic E-state index is -3.06. The Hall–Kier alpha value is -1.07. The summed E-state index contributed by atoms with van der Waals surface area (Å²) in [6, 6.07) is 7.06. The van der Waals surface area contributed by atoms with Crippen molar-refractivity contribution in [3.8, 4) is 0 Å². The second-order valence-corrected chi connectivity index (χ2v) is 10.9. The summed E-state index contributed by atoms with van der Waals surface area (Å²) >= 11 is 5.97. The van der Waals surface area contributed by atoms with Crippen molar-refractivity contribution in [2.45, 2.75) is 40.0 Å². The van der Waals surface area contributed by atoms with Gasteiger partial charge in [0.2, 0.25) is 5.91 Å². The summed E-state index contributed by atoms with van der Waals surface area (Å²) < 4.78 is 23.4. The van der Waals surface area contributed by atoms with Gasteiger partial charge < -0.3 is 5.32 Å². The Morgan fingerprint density at radius 1 is 1.29 bits per heavy atom. The number of anilines is 1. The molecule has 0 radical (unpaired) electrons. The Bertz CT molecular complexity index is 730. The van der Waals surface area contributed by atoms with Crippen LogP contribution in [0.1, 0.15) is 40.0 Å². The van der Waals surface area contributed by atoms with Crippen molar-refractivity contribution in [2.24, 2.45) is 16.7 Å². The summed E-state index contributed by atoms with van der Waals surface area (Å²) in [5.41, 5.74) is -0.00949. The molecule has 1 aliphatic rings. The number of hydrogen-bond donors (Lipinski definition) is 1. The fraction of sp³-hybridized carbons (Fsp3) is 0.611. The molecule has 0 bridgehead atoms. The van der Waals surface area contributed by atoms with Crippen molar-refractivity contribution in [1.82, 2.24) is 0 Å². The third-order valence-electron chi connectivity index (χ3n) is 4.62. The van der Waals surface area contributed by atoms with Gasteiger partial charge in [-0.25, -0.2) is 8.42 Å². The fourth-order valence-corrected chi connectivity index (χ4v) is 5.54. The first-order valence-corrected chi connectivity index (χ1v) is 10.6. The number of sulfone groups is 1. The summed E-state index contributed by atoms with van der Waals surface area (Å²) in [5.74, 6) is 0.0612. The number of carbonyl (C=O) groups excluding carboxylic acids is 1. The van der Waals surface area contributed by atoms with Crippen molar-refractivity contribution in [2.75, 3.05) is 17.3 Å². The Morgan fingerprint density at radius 3 is 2.54 bits per heavy atom. The van der Waals surface area contributed by atoms with Gasteiger partial charge in [0.05, 0.1) is 5.75 Å². The molecule has 0 aromatic heterocycles. The molecule has 1 aliphatic carbocycles. The molecule has 6 heteroatoms. The zero-order valence-electron chi connectivity index (χ0n) is 14.7. The summed E-state index contributed by atoms with van der Waals surface area (Å²) in [6.07, 6.45) is 3.39. The van der Waals surface area contributed by atoms with Crippen molar-refractivity contribution in [3.05, 3.63) is 29.3 Å². The molecule has 2 unspecified atom stereocenters. The number of benzene rings is 1. The van der Waals surface area contributed by atoms with Crippen LogP contribution in [0.2, 0.25) is 5.02 Å². The highest BCUT2D eigenvalue weighted by Gasteiger charge is 2.46. The highest BCUT2D eigenvalue weighted by molar-refractivity contribution is 7.90. The molecule has 1 aromatic carbocycles. The average Bonchev–Trinajstić information content (AvgIpc) is 2.33. The molecule has 1 amide bonds. The zero-order valence-corrected chi connectivity index (χ0v) is 16.3. The highest BCUT2D eigenvalue weighted by atomic mass is 35.5. The van der Waals surface area contributed by atoms with Crippen LogP contribution in [0.5, 0.6) is 0 Å². The second kappa shape index (κ2) is 6.68. The van der Waals surface area contributed by atoms with Crippen LogP contribution in [-0.2, 0) is 14.6 Å². The number of carbonyl (C=O) groups is 1. The van der Waals surface area contributed by atoms with Gasteiger partial charge in [-0.3, -0.25) is 4.79 Å². The van der Waals surface area contributed by atoms with E-state index in [2.05, 4.69) is 19.2 Å². The third kappa shape index (κ3) is 5.21. The van der Waals surface area contributed by atoms with Crippen LogP contribution in [-0.4, -0.2) is 26.3 Å². The van der Waals surface area contributed by atoms with Crippen LogP contribution in [0.3, 0.4) is 0 Å². The fourth-order valence-electron chi connectivity index (χ4n) is 4.26. The molecule has 134 valence electrons. The van der Waals surface area contributed by atoms with Gasteiger partial charge in [-0.05, 0) is 48.8 Å². The molecular formula is C18H26ClNO3S. The first kappa shape index (κ1) is 19.3. The summed E-state index contributed by atoms with van der Waals surface area (Å²) in [7, 11) is -3.06. The van der Waals surface area contributed by atoms with E-state index in [0.717, 1.165) is 12.8 Å². The van der Waals surface area contributed by atoms with Gasteiger partial charge in [0, 0.05) is 22.4 Å². The largest absolute Gasteiger partial charge is 0.326 e. The molecule has 1 fully saturated rings. The Balaban J connectivity index is 2.20. The summed E-state index contributed by atoms with van der Waals surface area (Å²) in [5, 5.41) is 3.51. The minimum absolute atomic E-state index is 0.00105. The SMILES string of the molecule is CC1(C)CC(CS(C)(=O)=O)CC(C)(C(=O)Nc2cccc(Cl)c2)C1. The van der Waals surface area contributed by atoms with E-state index < -0.39 is 15.3 Å². The molecule has 0 saturated heterocycles. The number of hydrogen-bond acceptors (Lipinski definition) is 3. The molecule has 24 heavy (non-hydrogen) atoms. The van der Waals surface area contributed by atoms with E-state index >= 15 is 0 Å². The maximum Gasteiger partial charge on any atom is 0.230 e. The van der Waals surface area contributed by atoms with Gasteiger partial charge in [-0.2, -0.15) is 0 Å². The van der Waals surface area contributed by atoms with Crippen molar-refractivity contribution < 1.29 is 13.2 Å². The lowest BCUT2D eigenvalue weighted by atomic mass is 9.60. The van der Waals surface area contributed by atoms with Crippen LogP contribution in [0.25, 0.3) is 0 Å². The summed E-state index contributed by atoms with van der Waals surface area (Å²) in [6.45, 7) is 6.14. The number of amides is 1. The Morgan fingerprint density at radius 2 is 1.96 bits per heavy atom. The zero-order chi connectivity index (χ0) is 18.2. The van der Waals surface area contributed by atoms with Gasteiger partial charge in [0.15, 0.2) is 0 Å². The predicted octanol–water partition coefficient (Wildman–Crippen LogP) is 4.16. The van der Waals surface area contributed by atoms with Gasteiger partial charge in [0.1, 0.15) is 9.84 Å². The van der Waals surface area contributed by atoms with Crippen LogP contribution in [0, 0.1) is 16.7 Å². The topological polar surface area (TPSA) is 63.2 Å². The molecule has 4 nitrogen and oxygen atoms in total. The van der Waals surface area contributed by atoms with Crippen LogP contribution < -0.4 is 5.32 Å². The smallest absolute Gasteiger partial charge is 0.230 e. The lowest BCUT2D eigenvalue weighted by Gasteiger charge is -2.45. The quantitative estimate of drug-likeness (QED) is 0.864. The molecule has 2 rings (SSSR count). The maximum absolute atomic E-state index is 12.9. The minimum Gasteiger partial charge on any atom is -0.326 e. The molecule has 0 aliphatic heterocycles. The number of nitrogens with one attached hydrogen (secondary N) is 1. The first-order chi connectivity index (χ1) is 10.9. The first-order valence-electron chi connectivity index (χ1n) is 8.13. The van der Waals surface area contributed by atoms with E-state index in [-0.39, 0.29) is 23.0 Å². The lowest BCUT2D eigenvalue weighted by Crippen LogP contribution is -2.45. The normalized spacial score (nSPS) is 26.8. The summed E-state index contributed by atoms with van der Waals surface area (Å²) in [4.78, 5) is 12.9. The van der Waals surface area contributed by atoms with Gasteiger partial charge >= 0.3 is 0 Å². The van der Waals surface area contributed by atoms with Gasteiger partial charge in [-0.15, -0.1) is 0 Å². The maximum atomic E-state index is 12.9. The predicted molar refractivity (Wildman–Crippen MR) is 99.0 cm³/mol. The van der Waals surface area contributed by atoms with E-state index in [1.54, 1.807) is 24.3 Å². The van der Waals surface area contributed by atoms with Crippen molar-refractivity contribution >= 4 is 33.0 Å². The Kier molecular flexibility index (Phi) is 5.36. The molecule has 1 saturated carbocycles. The monoisotopic (exact) mass is 371 g/mol. The molecule has 1 N–H and O–H groups in total. The van der Waals surface area contributed by atoms with Gasteiger partial charge in [-0.1, -0.05) is 38.4 Å². The second-order valence-electron chi connectivity index (χ2n) is 8.23. The van der Waals surface area contributed by atoms with Crippen LogP contribution >= 0.6 is 11.6 Å². The number of rotatable bonds is 4. The molecular weight excluding hydrogens is 346 g/mol. The van der Waals surface area contributed by atoms with E-state index in [1.165, 1.54) is 6.26 Å². The van der Waals surface area contributed by atoms with Crippen LogP contribution in [0.4, 0.5) is 5.69 Å². The lowest BCUT2D eigenvalue weighted by molar-refractivity contribution is -0.129. The Labute approximate surface area is 149 Å². The van der Waals surface area contributed by atoms with E-state index in [9.17, 15) is 13.2 Å². The van der Waals surface area contributed by atoms with E-state index in [1.807, 2.05) is 6.92 Å². The number of halogens is 1. The van der Waals surface area contributed by atoms with E-state index in [4.69, 9.17) is 11.6 Å². The molecule has 0 heterocycles. The molecule has 2 atom stereocenters. The van der Waals surface area contributed by atoms with Gasteiger partial charge in [0.25, 0.3) is 0 Å². The standard InChI is InChI=1S/C18H26ClNO3S/c1-17(2)9-13(11-24(4,22)23)10-18(3,12-17)16(21)20-15-7-5-6-14(19)8-15/h5-8,13H,9-12H2,1-4H3,(H,20,21). The third-order valence-corrected chi connectivity index (χ3v) is 5.93. The highest BCUT2D eigenvalue weighted by Crippen LogP contribution is 2.49. The van der Waals surface area contributed by atoms with Crippen LogP contribution in [0.15, 0.2) is 24.3 Å². The molecule has 0 spiro atoms. The van der Waals surface area contributed by atoms with Crippen molar-refractivity contribution in [3.63, 3.8) is 0 Å². The average molecular weight is 372 g/mol. The van der Waals surface area contributed by atoms with Crippen molar-refractivity contribution in [1.29, 1.82) is 0 Å².